The first-order valence-corrected chi connectivity index (χ1v) is 21.2. The summed E-state index contributed by atoms with van der Waals surface area (Å²) in [6.07, 6.45) is 8.60. The lowest BCUT2D eigenvalue weighted by molar-refractivity contribution is -0.145. The van der Waals surface area contributed by atoms with Gasteiger partial charge in [0.2, 0.25) is 5.91 Å². The van der Waals surface area contributed by atoms with E-state index in [4.69, 9.17) is 9.47 Å². The van der Waals surface area contributed by atoms with Crippen molar-refractivity contribution in [1.82, 2.24) is 9.80 Å². The van der Waals surface area contributed by atoms with Crippen LogP contribution in [0.3, 0.4) is 0 Å². The molecule has 2 aliphatic rings. The molecule has 0 radical (unpaired) electrons. The normalized spacial score (nSPS) is 13.4. The first kappa shape index (κ1) is 42.3. The van der Waals surface area contributed by atoms with Crippen LogP contribution >= 0.6 is 11.3 Å². The van der Waals surface area contributed by atoms with Gasteiger partial charge in [0.05, 0.1) is 31.3 Å². The molecule has 1 saturated carbocycles. The molecule has 0 saturated heterocycles. The van der Waals surface area contributed by atoms with Gasteiger partial charge in [-0.25, -0.2) is 4.79 Å². The van der Waals surface area contributed by atoms with E-state index in [9.17, 15) is 24.0 Å². The number of carbonyl (C=O) groups is 5. The number of esters is 2. The number of amides is 3. The third kappa shape index (κ3) is 11.6. The number of methoxy groups -OCH3 is 1. The van der Waals surface area contributed by atoms with Crippen molar-refractivity contribution < 1.29 is 33.4 Å². The molecule has 0 bridgehead atoms. The number of rotatable bonds is 19. The fourth-order valence-electron chi connectivity index (χ4n) is 7.33. The van der Waals surface area contributed by atoms with Crippen LogP contribution in [-0.4, -0.2) is 85.9 Å². The monoisotopic (exact) mass is 806 g/mol. The number of thiophene rings is 1. The summed E-state index contributed by atoms with van der Waals surface area (Å²) in [4.78, 5) is 69.0. The smallest absolute Gasteiger partial charge is 0.337 e. The molecule has 4 aromatic rings. The SMILES string of the molecule is CCOC(=O)CCC(=O)N(C)CCN(CCc1cccc(C(=O)Nc2sc3c(c2C(=O)Nc2ccc(CCc4ccc(C(=O)OC)cc4)cc2)CCCC3)c1)C1CC1. The van der Waals surface area contributed by atoms with Crippen molar-refractivity contribution in [2.24, 2.45) is 0 Å². The van der Waals surface area contributed by atoms with E-state index in [1.165, 1.54) is 18.4 Å². The second kappa shape index (κ2) is 20.4. The highest BCUT2D eigenvalue weighted by molar-refractivity contribution is 7.17. The highest BCUT2D eigenvalue weighted by Gasteiger charge is 2.30. The molecule has 0 spiro atoms. The number of hydrogen-bond acceptors (Lipinski definition) is 9. The average Bonchev–Trinajstić information content (AvgIpc) is 4.02. The summed E-state index contributed by atoms with van der Waals surface area (Å²) >= 11 is 1.50. The number of nitrogens with zero attached hydrogens (tertiary/aromatic N) is 2. The summed E-state index contributed by atoms with van der Waals surface area (Å²) in [6.45, 7) is 4.17. The minimum absolute atomic E-state index is 0.0706. The number of benzene rings is 3. The number of nitrogens with one attached hydrogen (secondary N) is 2. The first-order chi connectivity index (χ1) is 28.1. The van der Waals surface area contributed by atoms with Gasteiger partial charge in [-0.1, -0.05) is 36.4 Å². The van der Waals surface area contributed by atoms with Crippen LogP contribution in [0.15, 0.2) is 72.8 Å². The Morgan fingerprint density at radius 1 is 0.759 bits per heavy atom. The van der Waals surface area contributed by atoms with E-state index in [1.807, 2.05) is 54.6 Å². The summed E-state index contributed by atoms with van der Waals surface area (Å²) in [5.74, 6) is -1.25. The number of aryl methyl sites for hydroxylation is 3. The quantitative estimate of drug-likeness (QED) is 0.0931. The molecule has 0 aliphatic heterocycles. The minimum Gasteiger partial charge on any atom is -0.466 e. The van der Waals surface area contributed by atoms with E-state index in [0.29, 0.717) is 46.6 Å². The van der Waals surface area contributed by atoms with Gasteiger partial charge in [0.1, 0.15) is 5.00 Å². The van der Waals surface area contributed by atoms with Crippen molar-refractivity contribution >= 4 is 51.7 Å². The van der Waals surface area contributed by atoms with Crippen molar-refractivity contribution in [2.75, 3.05) is 51.0 Å². The molecule has 58 heavy (non-hydrogen) atoms. The van der Waals surface area contributed by atoms with Crippen LogP contribution in [0.5, 0.6) is 0 Å². The largest absolute Gasteiger partial charge is 0.466 e. The zero-order valence-electron chi connectivity index (χ0n) is 33.8. The Labute approximate surface area is 345 Å². The first-order valence-electron chi connectivity index (χ1n) is 20.4. The molecule has 6 rings (SSSR count). The molecule has 306 valence electrons. The van der Waals surface area contributed by atoms with Gasteiger partial charge < -0.3 is 25.0 Å². The third-order valence-corrected chi connectivity index (χ3v) is 12.1. The lowest BCUT2D eigenvalue weighted by Gasteiger charge is -2.25. The lowest BCUT2D eigenvalue weighted by atomic mass is 9.95. The van der Waals surface area contributed by atoms with Crippen LogP contribution in [-0.2, 0) is 51.2 Å². The van der Waals surface area contributed by atoms with Crippen LogP contribution in [0, 0.1) is 0 Å². The van der Waals surface area contributed by atoms with E-state index in [1.54, 1.807) is 37.1 Å². The molecule has 2 aliphatic carbocycles. The summed E-state index contributed by atoms with van der Waals surface area (Å²) in [7, 11) is 3.15. The van der Waals surface area contributed by atoms with Gasteiger partial charge in [0.25, 0.3) is 11.8 Å². The lowest BCUT2D eigenvalue weighted by Crippen LogP contribution is -2.38. The zero-order chi connectivity index (χ0) is 41.0. The molecule has 3 amide bonds. The Bertz CT molecular complexity index is 2070. The van der Waals surface area contributed by atoms with Crippen LogP contribution in [0.1, 0.15) is 104 Å². The van der Waals surface area contributed by atoms with E-state index in [-0.39, 0.29) is 42.5 Å². The number of fused-ring (bicyclic) bond motifs is 1. The molecule has 1 aromatic heterocycles. The fourth-order valence-corrected chi connectivity index (χ4v) is 8.61. The standard InChI is InChI=1S/C46H54N4O7S/c1-4-57-41(52)25-24-40(51)49(2)28-29-50(37-22-23-37)27-26-33-8-7-9-35(30-33)43(53)48-45-42(38-10-5-6-11-39(38)58-45)44(54)47-36-20-16-32(17-21-36)13-12-31-14-18-34(19-15-31)46(55)56-3/h7-9,14-21,30,37H,4-6,10-13,22-29H2,1-3H3,(H,47,54)(H,48,53). The molecule has 1 heterocycles. The van der Waals surface area contributed by atoms with Crippen LogP contribution in [0.2, 0.25) is 0 Å². The maximum atomic E-state index is 13.9. The molecule has 2 N–H and O–H groups in total. The number of likely N-dealkylation sites (N-methyl/N-ethyl adjacent to an activating group) is 1. The predicted octanol–water partition coefficient (Wildman–Crippen LogP) is 7.51. The highest BCUT2D eigenvalue weighted by atomic mass is 32.1. The van der Waals surface area contributed by atoms with Gasteiger partial charge in [-0.05, 0) is 123 Å². The maximum absolute atomic E-state index is 13.9. The summed E-state index contributed by atoms with van der Waals surface area (Å²) in [6, 6.07) is 23.4. The van der Waals surface area contributed by atoms with Crippen LogP contribution in [0.25, 0.3) is 0 Å². The second-order valence-electron chi connectivity index (χ2n) is 15.0. The number of ether oxygens (including phenoxy) is 2. The van der Waals surface area contributed by atoms with Crippen molar-refractivity contribution in [2.45, 2.75) is 83.6 Å². The van der Waals surface area contributed by atoms with Gasteiger partial charge in [-0.2, -0.15) is 0 Å². The topological polar surface area (TPSA) is 134 Å². The van der Waals surface area contributed by atoms with Crippen LogP contribution < -0.4 is 10.6 Å². The van der Waals surface area contributed by atoms with Crippen LogP contribution in [0.4, 0.5) is 10.7 Å². The number of anilines is 2. The molecular formula is C46H54N4O7S. The van der Waals surface area contributed by atoms with Gasteiger partial charge in [0, 0.05) is 55.3 Å². The molecule has 0 unspecified atom stereocenters. The Hall–Kier alpha value is -5.33. The number of hydrogen-bond donors (Lipinski definition) is 2. The minimum atomic E-state index is -0.353. The molecule has 0 atom stereocenters. The summed E-state index contributed by atoms with van der Waals surface area (Å²) < 4.78 is 9.73. The van der Waals surface area contributed by atoms with E-state index < -0.39 is 0 Å². The summed E-state index contributed by atoms with van der Waals surface area (Å²) in [5, 5.41) is 6.78. The molecular weight excluding hydrogens is 753 g/mol. The molecule has 12 heteroatoms. The van der Waals surface area contributed by atoms with Gasteiger partial charge in [-0.3, -0.25) is 24.1 Å². The number of carbonyl (C=O) groups excluding carboxylic acids is 5. The maximum Gasteiger partial charge on any atom is 0.337 e. The molecule has 3 aromatic carbocycles. The fraction of sp³-hybridized carbons (Fsp3) is 0.413. The van der Waals surface area contributed by atoms with Crippen molar-refractivity contribution in [1.29, 1.82) is 0 Å². The Kier molecular flexibility index (Phi) is 14.9. The van der Waals surface area contributed by atoms with E-state index in [0.717, 1.165) is 98.0 Å². The predicted molar refractivity (Wildman–Crippen MR) is 227 cm³/mol. The zero-order valence-corrected chi connectivity index (χ0v) is 34.6. The van der Waals surface area contributed by atoms with E-state index in [2.05, 4.69) is 15.5 Å². The molecule has 11 nitrogen and oxygen atoms in total. The Morgan fingerprint density at radius 2 is 1.47 bits per heavy atom. The van der Waals surface area contributed by atoms with Crippen molar-refractivity contribution in [3.05, 3.63) is 117 Å². The summed E-state index contributed by atoms with van der Waals surface area (Å²) in [5.41, 5.74) is 6.61. The average molecular weight is 807 g/mol. The van der Waals surface area contributed by atoms with Gasteiger partial charge in [-0.15, -0.1) is 11.3 Å². The third-order valence-electron chi connectivity index (χ3n) is 10.9. The van der Waals surface area contributed by atoms with Crippen molar-refractivity contribution in [3.63, 3.8) is 0 Å². The van der Waals surface area contributed by atoms with E-state index >= 15 is 0 Å². The Morgan fingerprint density at radius 3 is 2.16 bits per heavy atom. The van der Waals surface area contributed by atoms with Gasteiger partial charge >= 0.3 is 11.9 Å². The Balaban J connectivity index is 1.04. The second-order valence-corrected chi connectivity index (χ2v) is 16.2. The van der Waals surface area contributed by atoms with Gasteiger partial charge in [0.15, 0.2) is 0 Å². The van der Waals surface area contributed by atoms with Crippen molar-refractivity contribution in [3.8, 4) is 0 Å². The highest BCUT2D eigenvalue weighted by Crippen LogP contribution is 2.39. The molecule has 1 fully saturated rings.